The molecule has 9 heteroatoms. The molecule has 2 aromatic rings. The first-order valence-electron chi connectivity index (χ1n) is 10.6. The van der Waals surface area contributed by atoms with Gasteiger partial charge in [0.25, 0.3) is 0 Å². The molecular weight excluding hydrogens is 467 g/mol. The number of fused-ring (bicyclic) bond motifs is 2. The number of halogens is 2. The minimum absolute atomic E-state index is 0.0251. The van der Waals surface area contributed by atoms with Crippen molar-refractivity contribution in [2.75, 3.05) is 26.3 Å². The van der Waals surface area contributed by atoms with Gasteiger partial charge in [-0.1, -0.05) is 41.4 Å². The summed E-state index contributed by atoms with van der Waals surface area (Å²) in [6, 6.07) is 12.2. The third kappa shape index (κ3) is 5.27. The number of aliphatic carboxylic acids is 1. The molecule has 2 aromatic carbocycles. The van der Waals surface area contributed by atoms with Gasteiger partial charge >= 0.3 is 5.97 Å². The van der Waals surface area contributed by atoms with Gasteiger partial charge in [-0.2, -0.15) is 0 Å². The lowest BCUT2D eigenvalue weighted by Crippen LogP contribution is -2.61. The second-order valence-corrected chi connectivity index (χ2v) is 8.80. The van der Waals surface area contributed by atoms with Crippen LogP contribution in [0.25, 0.3) is 5.57 Å². The van der Waals surface area contributed by atoms with Crippen molar-refractivity contribution in [2.45, 2.75) is 25.4 Å². The number of nitrogens with zero attached hydrogens (tertiary/aromatic N) is 1. The fourth-order valence-corrected chi connectivity index (χ4v) is 4.63. The van der Waals surface area contributed by atoms with Gasteiger partial charge in [0.15, 0.2) is 0 Å². The quantitative estimate of drug-likeness (QED) is 0.572. The first kappa shape index (κ1) is 23.4. The predicted molar refractivity (Wildman–Crippen MR) is 126 cm³/mol. The van der Waals surface area contributed by atoms with E-state index in [9.17, 15) is 14.7 Å². The van der Waals surface area contributed by atoms with Crippen LogP contribution in [0.5, 0.6) is 11.5 Å². The summed E-state index contributed by atoms with van der Waals surface area (Å²) < 4.78 is 11.4. The molecule has 174 valence electrons. The lowest BCUT2D eigenvalue weighted by Gasteiger charge is -2.43. The van der Waals surface area contributed by atoms with Crippen LogP contribution < -0.4 is 14.8 Å². The highest BCUT2D eigenvalue weighted by atomic mass is 35.5. The van der Waals surface area contributed by atoms with Crippen LogP contribution >= 0.6 is 23.2 Å². The number of benzene rings is 2. The van der Waals surface area contributed by atoms with Crippen LogP contribution in [0.1, 0.15) is 18.9 Å². The van der Waals surface area contributed by atoms with Crippen molar-refractivity contribution in [3.63, 3.8) is 0 Å². The minimum Gasteiger partial charge on any atom is -0.490 e. The highest BCUT2D eigenvalue weighted by molar-refractivity contribution is 6.42. The third-order valence-corrected chi connectivity index (χ3v) is 6.61. The zero-order valence-corrected chi connectivity index (χ0v) is 19.5. The van der Waals surface area contributed by atoms with Crippen molar-refractivity contribution in [3.8, 4) is 11.5 Å². The number of carbonyl (C=O) groups is 2. The molecule has 33 heavy (non-hydrogen) atoms. The molecule has 0 radical (unpaired) electrons. The molecule has 1 amide bonds. The minimum atomic E-state index is -0.969. The fourth-order valence-electron chi connectivity index (χ4n) is 4.28. The van der Waals surface area contributed by atoms with Crippen LogP contribution in [-0.2, 0) is 9.59 Å². The zero-order valence-electron chi connectivity index (χ0n) is 18.0. The van der Waals surface area contributed by atoms with E-state index >= 15 is 0 Å². The van der Waals surface area contributed by atoms with Crippen LogP contribution in [-0.4, -0.2) is 60.3 Å². The Hall–Kier alpha value is -2.74. The van der Waals surface area contributed by atoms with Crippen molar-refractivity contribution in [3.05, 3.63) is 63.6 Å². The van der Waals surface area contributed by atoms with Gasteiger partial charge in [-0.15, -0.1) is 0 Å². The van der Waals surface area contributed by atoms with E-state index in [1.54, 1.807) is 23.1 Å². The first-order valence-corrected chi connectivity index (χ1v) is 11.4. The van der Waals surface area contributed by atoms with Gasteiger partial charge in [0.2, 0.25) is 5.91 Å². The molecule has 1 fully saturated rings. The lowest BCUT2D eigenvalue weighted by atomic mass is 9.83. The van der Waals surface area contributed by atoms with Gasteiger partial charge in [0.05, 0.1) is 16.6 Å². The van der Waals surface area contributed by atoms with Crippen LogP contribution in [0, 0.1) is 0 Å². The standard InChI is InChI=1S/C24H24Cl2N2O5/c1-14(29)28-12-16-11-18(22(24(30)31)20(13-28)27-16)15-5-7-17(8-6-15)32-9-10-33-21-4-2-3-19(25)23(21)26/h2-8,16,20,27H,9-13H2,1H3,(H,30,31). The second kappa shape index (κ2) is 10.0. The Bertz CT molecular complexity index is 1090. The molecule has 2 aliphatic rings. The Kier molecular flexibility index (Phi) is 7.12. The van der Waals surface area contributed by atoms with E-state index in [0.29, 0.717) is 53.2 Å². The molecule has 2 heterocycles. The monoisotopic (exact) mass is 490 g/mol. The molecule has 1 saturated heterocycles. The third-order valence-electron chi connectivity index (χ3n) is 5.81. The van der Waals surface area contributed by atoms with Gasteiger partial charge in [-0.05, 0) is 41.8 Å². The molecule has 2 N–H and O–H groups in total. The Morgan fingerprint density at radius 3 is 2.52 bits per heavy atom. The largest absolute Gasteiger partial charge is 0.490 e. The van der Waals surface area contributed by atoms with Crippen molar-refractivity contribution < 1.29 is 24.2 Å². The average Bonchev–Trinajstić information content (AvgIpc) is 2.78. The van der Waals surface area contributed by atoms with Gasteiger partial charge in [-0.25, -0.2) is 4.79 Å². The lowest BCUT2D eigenvalue weighted by molar-refractivity contribution is -0.135. The molecule has 4 rings (SSSR count). The van der Waals surface area contributed by atoms with E-state index in [-0.39, 0.29) is 24.6 Å². The number of hydrogen-bond acceptors (Lipinski definition) is 5. The highest BCUT2D eigenvalue weighted by Gasteiger charge is 2.39. The molecule has 0 aromatic heterocycles. The van der Waals surface area contributed by atoms with Crippen LogP contribution in [0.3, 0.4) is 0 Å². The molecule has 0 saturated carbocycles. The maximum Gasteiger partial charge on any atom is 0.333 e. The summed E-state index contributed by atoms with van der Waals surface area (Å²) in [5, 5.41) is 14.0. The molecule has 2 aliphatic heterocycles. The van der Waals surface area contributed by atoms with Crippen LogP contribution in [0.2, 0.25) is 10.0 Å². The van der Waals surface area contributed by atoms with E-state index < -0.39 is 5.97 Å². The summed E-state index contributed by atoms with van der Waals surface area (Å²) in [4.78, 5) is 25.6. The molecule has 2 unspecified atom stereocenters. The topological polar surface area (TPSA) is 88.1 Å². The smallest absolute Gasteiger partial charge is 0.333 e. The maximum absolute atomic E-state index is 12.1. The number of nitrogens with one attached hydrogen (secondary N) is 1. The number of ether oxygens (including phenoxy) is 2. The maximum atomic E-state index is 12.1. The summed E-state index contributed by atoms with van der Waals surface area (Å²) >= 11 is 12.1. The van der Waals surface area contributed by atoms with Crippen molar-refractivity contribution in [1.29, 1.82) is 0 Å². The van der Waals surface area contributed by atoms with E-state index in [4.69, 9.17) is 32.7 Å². The van der Waals surface area contributed by atoms with Crippen LogP contribution in [0.4, 0.5) is 0 Å². The van der Waals surface area contributed by atoms with Gasteiger partial charge in [0, 0.05) is 26.1 Å². The van der Waals surface area contributed by atoms with E-state index in [1.165, 1.54) is 6.92 Å². The van der Waals surface area contributed by atoms with Gasteiger partial charge in [0.1, 0.15) is 29.7 Å². The molecular formula is C24H24Cl2N2O5. The number of hydrogen-bond donors (Lipinski definition) is 2. The number of piperazine rings is 1. The van der Waals surface area contributed by atoms with E-state index in [0.717, 1.165) is 11.1 Å². The Labute approximate surface area is 201 Å². The molecule has 2 atom stereocenters. The number of carbonyl (C=O) groups excluding carboxylic acids is 1. The van der Waals surface area contributed by atoms with Gasteiger partial charge in [-0.3, -0.25) is 4.79 Å². The number of carboxylic acid groups (broad SMARTS) is 1. The normalized spacial score (nSPS) is 19.9. The number of rotatable bonds is 7. The summed E-state index contributed by atoms with van der Waals surface area (Å²) in [5.41, 5.74) is 1.96. The second-order valence-electron chi connectivity index (χ2n) is 8.01. The van der Waals surface area contributed by atoms with Crippen LogP contribution in [0.15, 0.2) is 48.0 Å². The first-order chi connectivity index (χ1) is 15.8. The Morgan fingerprint density at radius 2 is 1.82 bits per heavy atom. The Balaban J connectivity index is 1.41. The molecule has 0 spiro atoms. The number of amides is 1. The summed E-state index contributed by atoms with van der Waals surface area (Å²) in [6.45, 7) is 3.03. The van der Waals surface area contributed by atoms with E-state index in [1.807, 2.05) is 24.3 Å². The molecule has 7 nitrogen and oxygen atoms in total. The average molecular weight is 491 g/mol. The van der Waals surface area contributed by atoms with Crippen molar-refractivity contribution >= 4 is 40.7 Å². The summed E-state index contributed by atoms with van der Waals surface area (Å²) in [6.07, 6.45) is 0.538. The van der Waals surface area contributed by atoms with Crippen molar-refractivity contribution in [2.24, 2.45) is 0 Å². The van der Waals surface area contributed by atoms with Crippen molar-refractivity contribution in [1.82, 2.24) is 10.2 Å². The molecule has 0 aliphatic carbocycles. The highest BCUT2D eigenvalue weighted by Crippen LogP contribution is 2.34. The fraction of sp³-hybridized carbons (Fsp3) is 0.333. The Morgan fingerprint density at radius 1 is 1.09 bits per heavy atom. The van der Waals surface area contributed by atoms with E-state index in [2.05, 4.69) is 5.32 Å². The SMILES string of the molecule is CC(=O)N1CC2CC(c3ccc(OCCOc4cccc(Cl)c4Cl)cc3)=C(C(=O)O)C(C1)N2. The van der Waals surface area contributed by atoms with Gasteiger partial charge < -0.3 is 24.8 Å². The zero-order chi connectivity index (χ0) is 23.5. The summed E-state index contributed by atoms with van der Waals surface area (Å²) in [7, 11) is 0. The number of carboxylic acids is 1. The summed E-state index contributed by atoms with van der Waals surface area (Å²) in [5.74, 6) is 0.135. The predicted octanol–water partition coefficient (Wildman–Crippen LogP) is 3.88. The molecule has 2 bridgehead atoms.